The zero-order valence-electron chi connectivity index (χ0n) is 8.87. The van der Waals surface area contributed by atoms with Crippen LogP contribution >= 0.6 is 15.9 Å². The van der Waals surface area contributed by atoms with Gasteiger partial charge < -0.3 is 15.6 Å². The van der Waals surface area contributed by atoms with Crippen LogP contribution in [0.3, 0.4) is 0 Å². The van der Waals surface area contributed by atoms with Crippen molar-refractivity contribution in [3.63, 3.8) is 0 Å². The SMILES string of the molecule is N[C@H](CC(=O)O)c1cc(Br)cc(OC(F)(F)F)c1. The maximum Gasteiger partial charge on any atom is 0.573 e. The number of carbonyl (C=O) groups is 1. The van der Waals surface area contributed by atoms with Crippen LogP contribution in [-0.2, 0) is 4.79 Å². The lowest BCUT2D eigenvalue weighted by molar-refractivity contribution is -0.274. The summed E-state index contributed by atoms with van der Waals surface area (Å²) < 4.78 is 40.2. The maximum atomic E-state index is 12.1. The van der Waals surface area contributed by atoms with Gasteiger partial charge in [-0.15, -0.1) is 13.2 Å². The summed E-state index contributed by atoms with van der Waals surface area (Å²) in [6, 6.07) is 2.71. The number of aliphatic carboxylic acids is 1. The van der Waals surface area contributed by atoms with Crippen LogP contribution in [-0.4, -0.2) is 17.4 Å². The monoisotopic (exact) mass is 327 g/mol. The first-order valence-corrected chi connectivity index (χ1v) is 5.50. The van der Waals surface area contributed by atoms with Crippen LogP contribution in [0.2, 0.25) is 0 Å². The standard InChI is InChI=1S/C10H9BrF3NO3/c11-6-1-5(8(15)4-9(16)17)2-7(3-6)18-10(12,13)14/h1-3,8H,4,15H2,(H,16,17)/t8-/m1/s1. The average molecular weight is 328 g/mol. The fraction of sp³-hybridized carbons (Fsp3) is 0.300. The van der Waals surface area contributed by atoms with Gasteiger partial charge in [-0.2, -0.15) is 0 Å². The number of nitrogens with two attached hydrogens (primary N) is 1. The molecule has 0 radical (unpaired) electrons. The lowest BCUT2D eigenvalue weighted by Gasteiger charge is -2.14. The summed E-state index contributed by atoms with van der Waals surface area (Å²) >= 11 is 3.00. The molecule has 0 amide bonds. The summed E-state index contributed by atoms with van der Waals surface area (Å²) in [5.41, 5.74) is 5.80. The third-order valence-corrected chi connectivity index (χ3v) is 2.41. The van der Waals surface area contributed by atoms with Gasteiger partial charge in [-0.25, -0.2) is 0 Å². The smallest absolute Gasteiger partial charge is 0.481 e. The predicted molar refractivity (Wildman–Crippen MR) is 60.0 cm³/mol. The molecule has 0 aromatic heterocycles. The number of ether oxygens (including phenoxy) is 1. The molecule has 0 unspecified atom stereocenters. The normalized spacial score (nSPS) is 13.2. The van der Waals surface area contributed by atoms with E-state index in [1.807, 2.05) is 0 Å². The molecule has 8 heteroatoms. The molecule has 0 fully saturated rings. The molecule has 100 valence electrons. The van der Waals surface area contributed by atoms with Gasteiger partial charge in [0.2, 0.25) is 0 Å². The molecular formula is C10H9BrF3NO3. The number of hydrogen-bond donors (Lipinski definition) is 2. The largest absolute Gasteiger partial charge is 0.573 e. The molecule has 1 atom stereocenters. The zero-order chi connectivity index (χ0) is 13.9. The summed E-state index contributed by atoms with van der Waals surface area (Å²) in [7, 11) is 0. The van der Waals surface area contributed by atoms with Crippen LogP contribution < -0.4 is 10.5 Å². The fourth-order valence-electron chi connectivity index (χ4n) is 1.30. The van der Waals surface area contributed by atoms with Crippen molar-refractivity contribution in [2.75, 3.05) is 0 Å². The molecular weight excluding hydrogens is 319 g/mol. The first-order valence-electron chi connectivity index (χ1n) is 4.71. The van der Waals surface area contributed by atoms with E-state index in [4.69, 9.17) is 10.8 Å². The number of halogens is 4. The first kappa shape index (κ1) is 14.8. The Morgan fingerprint density at radius 3 is 2.56 bits per heavy atom. The quantitative estimate of drug-likeness (QED) is 0.891. The molecule has 1 rings (SSSR count). The van der Waals surface area contributed by atoms with Gasteiger partial charge in [0.15, 0.2) is 0 Å². The van der Waals surface area contributed by atoms with E-state index in [1.165, 1.54) is 6.07 Å². The summed E-state index contributed by atoms with van der Waals surface area (Å²) in [5, 5.41) is 8.57. The Bertz CT molecular complexity index is 450. The van der Waals surface area contributed by atoms with Gasteiger partial charge in [0.1, 0.15) is 5.75 Å². The molecule has 0 bridgehead atoms. The Kier molecular flexibility index (Phi) is 4.58. The highest BCUT2D eigenvalue weighted by molar-refractivity contribution is 9.10. The number of carboxylic acid groups (broad SMARTS) is 1. The van der Waals surface area contributed by atoms with E-state index in [-0.39, 0.29) is 12.0 Å². The highest BCUT2D eigenvalue weighted by atomic mass is 79.9. The van der Waals surface area contributed by atoms with Crippen molar-refractivity contribution in [3.05, 3.63) is 28.2 Å². The van der Waals surface area contributed by atoms with Crippen LogP contribution in [0.15, 0.2) is 22.7 Å². The molecule has 4 nitrogen and oxygen atoms in total. The van der Waals surface area contributed by atoms with E-state index >= 15 is 0 Å². The van der Waals surface area contributed by atoms with Crippen LogP contribution in [0.4, 0.5) is 13.2 Å². The van der Waals surface area contributed by atoms with Crippen molar-refractivity contribution in [1.82, 2.24) is 0 Å². The molecule has 0 saturated heterocycles. The Morgan fingerprint density at radius 1 is 1.44 bits per heavy atom. The third-order valence-electron chi connectivity index (χ3n) is 1.95. The van der Waals surface area contributed by atoms with Crippen molar-refractivity contribution in [2.45, 2.75) is 18.8 Å². The minimum Gasteiger partial charge on any atom is -0.481 e. The number of carboxylic acids is 1. The van der Waals surface area contributed by atoms with E-state index in [9.17, 15) is 18.0 Å². The topological polar surface area (TPSA) is 72.6 Å². The second-order valence-corrected chi connectivity index (χ2v) is 4.39. The zero-order valence-corrected chi connectivity index (χ0v) is 10.5. The number of rotatable bonds is 4. The van der Waals surface area contributed by atoms with Crippen molar-refractivity contribution in [2.24, 2.45) is 5.73 Å². The van der Waals surface area contributed by atoms with E-state index in [0.717, 1.165) is 12.1 Å². The van der Waals surface area contributed by atoms with Crippen LogP contribution in [0.1, 0.15) is 18.0 Å². The van der Waals surface area contributed by atoms with Gasteiger partial charge in [-0.3, -0.25) is 4.79 Å². The average Bonchev–Trinajstić information content (AvgIpc) is 2.12. The van der Waals surface area contributed by atoms with Gasteiger partial charge in [0.25, 0.3) is 0 Å². The lowest BCUT2D eigenvalue weighted by atomic mass is 10.0. The van der Waals surface area contributed by atoms with Crippen LogP contribution in [0.25, 0.3) is 0 Å². The fourth-order valence-corrected chi connectivity index (χ4v) is 1.79. The number of alkyl halides is 3. The minimum absolute atomic E-state index is 0.242. The van der Waals surface area contributed by atoms with Gasteiger partial charge in [0.05, 0.1) is 6.42 Å². The Labute approximate surface area is 109 Å². The number of benzene rings is 1. The first-order chi connectivity index (χ1) is 8.17. The van der Waals surface area contributed by atoms with Crippen molar-refractivity contribution < 1.29 is 27.8 Å². The molecule has 0 aliphatic rings. The highest BCUT2D eigenvalue weighted by Gasteiger charge is 2.31. The predicted octanol–water partition coefficient (Wildman–Crippen LogP) is 2.82. The van der Waals surface area contributed by atoms with E-state index < -0.39 is 24.1 Å². The third kappa shape index (κ3) is 4.92. The van der Waals surface area contributed by atoms with Gasteiger partial charge >= 0.3 is 12.3 Å². The highest BCUT2D eigenvalue weighted by Crippen LogP contribution is 2.29. The number of hydrogen-bond acceptors (Lipinski definition) is 3. The Balaban J connectivity index is 2.97. The molecule has 0 aliphatic heterocycles. The van der Waals surface area contributed by atoms with Gasteiger partial charge in [0, 0.05) is 10.5 Å². The van der Waals surface area contributed by atoms with Crippen molar-refractivity contribution in [1.29, 1.82) is 0 Å². The van der Waals surface area contributed by atoms with E-state index in [1.54, 1.807) is 0 Å². The molecule has 0 spiro atoms. The molecule has 1 aromatic rings. The molecule has 1 aromatic carbocycles. The summed E-state index contributed by atoms with van der Waals surface area (Å²) in [6.07, 6.45) is -5.20. The molecule has 18 heavy (non-hydrogen) atoms. The molecule has 3 N–H and O–H groups in total. The molecule has 0 saturated carbocycles. The minimum atomic E-state index is -4.81. The van der Waals surface area contributed by atoms with Crippen LogP contribution in [0.5, 0.6) is 5.75 Å². The maximum absolute atomic E-state index is 12.1. The van der Waals surface area contributed by atoms with Crippen molar-refractivity contribution in [3.8, 4) is 5.75 Å². The molecule has 0 heterocycles. The lowest BCUT2D eigenvalue weighted by Crippen LogP contribution is -2.18. The van der Waals surface area contributed by atoms with E-state index in [2.05, 4.69) is 20.7 Å². The van der Waals surface area contributed by atoms with Gasteiger partial charge in [-0.1, -0.05) is 15.9 Å². The second-order valence-electron chi connectivity index (χ2n) is 3.47. The summed E-state index contributed by atoms with van der Waals surface area (Å²) in [4.78, 5) is 10.5. The summed E-state index contributed by atoms with van der Waals surface area (Å²) in [6.45, 7) is 0. The Hall–Kier alpha value is -1.28. The Morgan fingerprint density at radius 2 is 2.06 bits per heavy atom. The van der Waals surface area contributed by atoms with Gasteiger partial charge in [-0.05, 0) is 23.8 Å². The van der Waals surface area contributed by atoms with E-state index in [0.29, 0.717) is 4.47 Å². The second kappa shape index (κ2) is 5.57. The van der Waals surface area contributed by atoms with Crippen LogP contribution in [0, 0.1) is 0 Å². The summed E-state index contributed by atoms with van der Waals surface area (Å²) in [5.74, 6) is -1.59. The molecule has 0 aliphatic carbocycles. The van der Waals surface area contributed by atoms with Crippen molar-refractivity contribution >= 4 is 21.9 Å².